The van der Waals surface area contributed by atoms with E-state index in [0.717, 1.165) is 47.8 Å². The molecule has 8 heteroatoms. The third-order valence-electron chi connectivity index (χ3n) is 5.73. The van der Waals surface area contributed by atoms with E-state index in [1.54, 1.807) is 17.4 Å². The molecule has 168 valence electrons. The average Bonchev–Trinajstić information content (AvgIpc) is 3.22. The van der Waals surface area contributed by atoms with Gasteiger partial charge in [-0.15, -0.1) is 11.3 Å². The van der Waals surface area contributed by atoms with Gasteiger partial charge < -0.3 is 19.9 Å². The fourth-order valence-electron chi connectivity index (χ4n) is 3.67. The Balaban J connectivity index is 1.68. The van der Waals surface area contributed by atoms with Crippen LogP contribution in [0, 0.1) is 19.8 Å². The van der Waals surface area contributed by atoms with Gasteiger partial charge in [0, 0.05) is 37.8 Å². The van der Waals surface area contributed by atoms with Crippen LogP contribution in [-0.2, 0) is 11.3 Å². The highest BCUT2D eigenvalue weighted by Crippen LogP contribution is 2.22. The van der Waals surface area contributed by atoms with E-state index in [0.29, 0.717) is 31.3 Å². The van der Waals surface area contributed by atoms with Crippen molar-refractivity contribution in [3.05, 3.63) is 45.4 Å². The minimum atomic E-state index is -0.206. The van der Waals surface area contributed by atoms with Gasteiger partial charge in [0.05, 0.1) is 13.2 Å². The number of anilines is 1. The van der Waals surface area contributed by atoms with Crippen LogP contribution >= 0.6 is 11.3 Å². The highest BCUT2D eigenvalue weighted by atomic mass is 32.1. The van der Waals surface area contributed by atoms with Gasteiger partial charge in [0.15, 0.2) is 0 Å². The number of aromatic nitrogens is 1. The molecular formula is C23H32N4O3S. The number of carbonyl (C=O) groups excluding carboxylic acids is 2. The molecule has 0 aliphatic carbocycles. The molecule has 0 spiro atoms. The normalized spacial score (nSPS) is 14.5. The van der Waals surface area contributed by atoms with Crippen LogP contribution in [0.4, 0.5) is 10.5 Å². The van der Waals surface area contributed by atoms with E-state index in [1.165, 1.54) is 11.3 Å². The van der Waals surface area contributed by atoms with Gasteiger partial charge in [-0.25, -0.2) is 9.78 Å². The Labute approximate surface area is 188 Å². The molecule has 0 radical (unpaired) electrons. The summed E-state index contributed by atoms with van der Waals surface area (Å²) in [5.74, 6) is 0.651. The van der Waals surface area contributed by atoms with Crippen molar-refractivity contribution in [2.75, 3.05) is 38.7 Å². The lowest BCUT2D eigenvalue weighted by Crippen LogP contribution is -2.38. The van der Waals surface area contributed by atoms with Gasteiger partial charge in [-0.05, 0) is 43.7 Å². The Kier molecular flexibility index (Phi) is 8.03. The van der Waals surface area contributed by atoms with Gasteiger partial charge in [-0.2, -0.15) is 0 Å². The molecule has 1 aromatic heterocycles. The van der Waals surface area contributed by atoms with E-state index in [1.807, 2.05) is 36.9 Å². The summed E-state index contributed by atoms with van der Waals surface area (Å²) in [5, 5.41) is 5.56. The van der Waals surface area contributed by atoms with Crippen LogP contribution < -0.4 is 5.32 Å². The van der Waals surface area contributed by atoms with Crippen molar-refractivity contribution < 1.29 is 14.3 Å². The molecule has 1 saturated heterocycles. The number of nitrogens with one attached hydrogen (secondary N) is 1. The predicted octanol–water partition coefficient (Wildman–Crippen LogP) is 4.31. The molecule has 0 saturated carbocycles. The number of methoxy groups -OCH3 is 1. The number of hydrogen-bond acceptors (Lipinski definition) is 5. The summed E-state index contributed by atoms with van der Waals surface area (Å²) in [6, 6.07) is 5.72. The van der Waals surface area contributed by atoms with Crippen LogP contribution in [0.5, 0.6) is 0 Å². The molecule has 3 rings (SSSR count). The topological polar surface area (TPSA) is 74.8 Å². The summed E-state index contributed by atoms with van der Waals surface area (Å²) in [7, 11) is 1.61. The first kappa shape index (κ1) is 23.2. The molecule has 1 aliphatic heterocycles. The third-order valence-corrected chi connectivity index (χ3v) is 6.57. The number of thiazole rings is 1. The second-order valence-electron chi connectivity index (χ2n) is 8.21. The van der Waals surface area contributed by atoms with Crippen molar-refractivity contribution in [3.63, 3.8) is 0 Å². The Bertz CT molecular complexity index is 886. The molecule has 2 aromatic rings. The fraction of sp³-hybridized carbons (Fsp3) is 0.522. The molecular weight excluding hydrogens is 412 g/mol. The molecule has 1 aliphatic rings. The van der Waals surface area contributed by atoms with Crippen LogP contribution in [0.15, 0.2) is 23.6 Å². The number of hydrogen-bond donors (Lipinski definition) is 1. The monoisotopic (exact) mass is 444 g/mol. The zero-order chi connectivity index (χ0) is 22.4. The Morgan fingerprint density at radius 3 is 2.58 bits per heavy atom. The van der Waals surface area contributed by atoms with Crippen LogP contribution in [0.3, 0.4) is 0 Å². The Morgan fingerprint density at radius 1 is 1.26 bits per heavy atom. The largest absolute Gasteiger partial charge is 0.383 e. The second-order valence-corrected chi connectivity index (χ2v) is 9.16. The highest BCUT2D eigenvalue weighted by Gasteiger charge is 2.24. The summed E-state index contributed by atoms with van der Waals surface area (Å²) >= 11 is 1.41. The number of aryl methyl sites for hydroxylation is 2. The molecule has 0 unspecified atom stereocenters. The van der Waals surface area contributed by atoms with Crippen molar-refractivity contribution in [2.24, 2.45) is 5.92 Å². The number of rotatable bonds is 7. The summed E-state index contributed by atoms with van der Waals surface area (Å²) in [6.45, 7) is 8.92. The van der Waals surface area contributed by atoms with Crippen LogP contribution in [0.2, 0.25) is 0 Å². The predicted molar refractivity (Wildman–Crippen MR) is 124 cm³/mol. The molecule has 0 bridgehead atoms. The fourth-order valence-corrected chi connectivity index (χ4v) is 4.45. The third kappa shape index (κ3) is 6.04. The lowest BCUT2D eigenvalue weighted by atomic mass is 9.99. The summed E-state index contributed by atoms with van der Waals surface area (Å²) in [4.78, 5) is 33.9. The lowest BCUT2D eigenvalue weighted by molar-refractivity contribution is 0.0691. The maximum Gasteiger partial charge on any atom is 0.322 e. The van der Waals surface area contributed by atoms with E-state index in [4.69, 9.17) is 4.74 Å². The summed E-state index contributed by atoms with van der Waals surface area (Å²) in [5.41, 5.74) is 3.32. The van der Waals surface area contributed by atoms with E-state index >= 15 is 0 Å². The first-order valence-corrected chi connectivity index (χ1v) is 11.6. The standard InChI is InChI=1S/C23H32N4O3S/c1-16-8-10-26(11-9-16)22(28)19-15-31-20(24-19)14-27(12-13-30-4)23(29)25-21-17(2)6-5-7-18(21)3/h5-7,15-16H,8-14H2,1-4H3,(H,25,29). The quantitative estimate of drug-likeness (QED) is 0.690. The molecule has 2 heterocycles. The van der Waals surface area contributed by atoms with Crippen LogP contribution in [0.25, 0.3) is 0 Å². The van der Waals surface area contributed by atoms with E-state index < -0.39 is 0 Å². The van der Waals surface area contributed by atoms with Gasteiger partial charge in [0.1, 0.15) is 10.7 Å². The molecule has 7 nitrogen and oxygen atoms in total. The SMILES string of the molecule is COCCN(Cc1nc(C(=O)N2CCC(C)CC2)cs1)C(=O)Nc1c(C)cccc1C. The van der Waals surface area contributed by atoms with Crippen LogP contribution in [-0.4, -0.2) is 60.1 Å². The average molecular weight is 445 g/mol. The number of amides is 3. The van der Waals surface area contributed by atoms with Crippen molar-refractivity contribution in [1.29, 1.82) is 0 Å². The number of carbonyl (C=O) groups is 2. The van der Waals surface area contributed by atoms with Gasteiger partial charge in [-0.3, -0.25) is 4.79 Å². The van der Waals surface area contributed by atoms with Crippen LogP contribution in [0.1, 0.15) is 46.4 Å². The highest BCUT2D eigenvalue weighted by molar-refractivity contribution is 7.09. The zero-order valence-corrected chi connectivity index (χ0v) is 19.6. The molecule has 1 N–H and O–H groups in total. The molecule has 3 amide bonds. The lowest BCUT2D eigenvalue weighted by Gasteiger charge is -2.29. The number of piperidine rings is 1. The number of urea groups is 1. The van der Waals surface area contributed by atoms with Crippen molar-refractivity contribution in [2.45, 2.75) is 40.2 Å². The number of nitrogens with zero attached hydrogens (tertiary/aromatic N) is 3. The van der Waals surface area contributed by atoms with Crippen molar-refractivity contribution in [1.82, 2.24) is 14.8 Å². The molecule has 1 aromatic carbocycles. The van der Waals surface area contributed by atoms with Gasteiger partial charge in [0.2, 0.25) is 0 Å². The maximum absolute atomic E-state index is 13.0. The van der Waals surface area contributed by atoms with E-state index in [2.05, 4.69) is 17.2 Å². The first-order chi connectivity index (χ1) is 14.9. The number of ether oxygens (including phenoxy) is 1. The summed E-state index contributed by atoms with van der Waals surface area (Å²) in [6.07, 6.45) is 2.07. The number of benzene rings is 1. The molecule has 1 fully saturated rings. The van der Waals surface area contributed by atoms with Crippen molar-refractivity contribution >= 4 is 29.0 Å². The van der Waals surface area contributed by atoms with Gasteiger partial charge >= 0.3 is 6.03 Å². The second kappa shape index (κ2) is 10.7. The molecule has 31 heavy (non-hydrogen) atoms. The minimum absolute atomic E-state index is 0.0159. The van der Waals surface area contributed by atoms with E-state index in [9.17, 15) is 9.59 Å². The first-order valence-electron chi connectivity index (χ1n) is 10.7. The zero-order valence-electron chi connectivity index (χ0n) is 18.8. The maximum atomic E-state index is 13.0. The summed E-state index contributed by atoms with van der Waals surface area (Å²) < 4.78 is 5.19. The van der Waals surface area contributed by atoms with Crippen molar-refractivity contribution in [3.8, 4) is 0 Å². The Hall–Kier alpha value is -2.45. The minimum Gasteiger partial charge on any atom is -0.383 e. The Morgan fingerprint density at radius 2 is 1.94 bits per heavy atom. The number of likely N-dealkylation sites (tertiary alicyclic amines) is 1. The molecule has 0 atom stereocenters. The van der Waals surface area contributed by atoms with Gasteiger partial charge in [0.25, 0.3) is 5.91 Å². The van der Waals surface area contributed by atoms with Gasteiger partial charge in [-0.1, -0.05) is 25.1 Å². The van der Waals surface area contributed by atoms with E-state index in [-0.39, 0.29) is 11.9 Å². The smallest absolute Gasteiger partial charge is 0.322 e. The number of para-hydroxylation sites is 1.